The van der Waals surface area contributed by atoms with E-state index in [-0.39, 0.29) is 0 Å². The molecule has 128 valence electrons. The van der Waals surface area contributed by atoms with E-state index in [4.69, 9.17) is 0 Å². The number of hydrazine groups is 1. The first kappa shape index (κ1) is 16.0. The van der Waals surface area contributed by atoms with Crippen molar-refractivity contribution in [3.8, 4) is 0 Å². The monoisotopic (exact) mass is 370 g/mol. The molecule has 1 saturated heterocycles. The summed E-state index contributed by atoms with van der Waals surface area (Å²) in [6.07, 6.45) is 4.33. The van der Waals surface area contributed by atoms with Crippen LogP contribution in [0.4, 0.5) is 26.5 Å². The Morgan fingerprint density at radius 2 is 1.80 bits per heavy atom. The Morgan fingerprint density at radius 3 is 2.56 bits per heavy atom. The molecule has 0 aliphatic carbocycles. The highest BCUT2D eigenvalue weighted by Gasteiger charge is 2.13. The summed E-state index contributed by atoms with van der Waals surface area (Å²) >= 11 is 3.24. The van der Waals surface area contributed by atoms with Crippen molar-refractivity contribution in [2.45, 2.75) is 12.8 Å². The Kier molecular flexibility index (Phi) is 4.89. The molecule has 1 aliphatic rings. The summed E-state index contributed by atoms with van der Waals surface area (Å²) in [5.41, 5.74) is 7.93. The fraction of sp³-hybridized carbons (Fsp3) is 0.235. The smallest absolute Gasteiger partial charge is 0.201 e. The van der Waals surface area contributed by atoms with Crippen molar-refractivity contribution in [1.82, 2.24) is 4.98 Å². The van der Waals surface area contributed by atoms with E-state index in [9.17, 15) is 0 Å². The zero-order valence-corrected chi connectivity index (χ0v) is 15.2. The normalized spacial score (nSPS) is 14.3. The van der Waals surface area contributed by atoms with E-state index in [1.807, 2.05) is 35.7 Å². The van der Waals surface area contributed by atoms with Gasteiger partial charge in [-0.2, -0.15) is 0 Å². The van der Waals surface area contributed by atoms with E-state index < -0.39 is 0 Å². The number of thiazole rings is 1. The van der Waals surface area contributed by atoms with Crippen LogP contribution in [0, 0.1) is 0 Å². The number of nitrogens with one attached hydrogen (secondary N) is 2. The Hall–Kier alpha value is -2.45. The van der Waals surface area contributed by atoms with Crippen molar-refractivity contribution in [2.75, 3.05) is 28.8 Å². The molecule has 0 spiro atoms. The maximum atomic E-state index is 4.36. The number of anilines is 3. The van der Waals surface area contributed by atoms with Gasteiger partial charge in [-0.3, -0.25) is 10.9 Å². The maximum absolute atomic E-state index is 4.36. The predicted octanol–water partition coefficient (Wildman–Crippen LogP) is 5.66. The number of thiophene rings is 1. The van der Waals surface area contributed by atoms with Crippen LogP contribution in [0.25, 0.3) is 0 Å². The lowest BCUT2D eigenvalue weighted by Gasteiger charge is -2.13. The molecule has 25 heavy (non-hydrogen) atoms. The molecule has 1 aromatic carbocycles. The number of azo groups is 1. The molecule has 0 bridgehead atoms. The van der Waals surface area contributed by atoms with Gasteiger partial charge in [0.05, 0.1) is 16.4 Å². The van der Waals surface area contributed by atoms with E-state index in [1.165, 1.54) is 17.8 Å². The van der Waals surface area contributed by atoms with Crippen molar-refractivity contribution in [3.05, 3.63) is 48.0 Å². The largest absolute Gasteiger partial charge is 0.363 e. The lowest BCUT2D eigenvalue weighted by molar-refractivity contribution is 0.949. The molecule has 3 aromatic rings. The molecule has 0 radical (unpaired) electrons. The molecule has 1 fully saturated rings. The van der Waals surface area contributed by atoms with Gasteiger partial charge in [0, 0.05) is 24.7 Å². The van der Waals surface area contributed by atoms with Gasteiger partial charge in [-0.1, -0.05) is 11.3 Å². The Morgan fingerprint density at radius 1 is 0.960 bits per heavy atom. The second-order valence-electron chi connectivity index (χ2n) is 5.64. The van der Waals surface area contributed by atoms with Crippen molar-refractivity contribution in [1.29, 1.82) is 0 Å². The maximum Gasteiger partial charge on any atom is 0.201 e. The summed E-state index contributed by atoms with van der Waals surface area (Å²) < 4.78 is 0. The predicted molar refractivity (Wildman–Crippen MR) is 106 cm³/mol. The van der Waals surface area contributed by atoms with Crippen LogP contribution in [0.5, 0.6) is 0 Å². The number of rotatable bonds is 6. The minimum absolute atomic E-state index is 0.829. The van der Waals surface area contributed by atoms with Crippen LogP contribution in [0.3, 0.4) is 0 Å². The van der Waals surface area contributed by atoms with Crippen molar-refractivity contribution >= 4 is 49.2 Å². The highest BCUT2D eigenvalue weighted by Crippen LogP contribution is 2.34. The third kappa shape index (κ3) is 4.15. The average molecular weight is 371 g/mol. The van der Waals surface area contributed by atoms with Crippen LogP contribution in [0.15, 0.2) is 58.2 Å². The molecule has 0 atom stereocenters. The van der Waals surface area contributed by atoms with Gasteiger partial charge in [-0.25, -0.2) is 4.98 Å². The van der Waals surface area contributed by atoms with Crippen molar-refractivity contribution in [2.24, 2.45) is 10.2 Å². The molecule has 1 aliphatic heterocycles. The average Bonchev–Trinajstić information content (AvgIpc) is 3.41. The van der Waals surface area contributed by atoms with Gasteiger partial charge < -0.3 is 4.90 Å². The molecular weight excluding hydrogens is 352 g/mol. The van der Waals surface area contributed by atoms with Crippen LogP contribution >= 0.6 is 22.7 Å². The van der Waals surface area contributed by atoms with E-state index in [0.717, 1.165) is 34.6 Å². The summed E-state index contributed by atoms with van der Waals surface area (Å²) in [6, 6.07) is 12.0. The molecule has 6 nitrogen and oxygen atoms in total. The van der Waals surface area contributed by atoms with Gasteiger partial charge in [-0.05, 0) is 49.2 Å². The van der Waals surface area contributed by atoms with E-state index in [2.05, 4.69) is 37.0 Å². The van der Waals surface area contributed by atoms with Crippen LogP contribution in [-0.2, 0) is 0 Å². The summed E-state index contributed by atoms with van der Waals surface area (Å²) in [4.78, 5) is 6.57. The molecule has 3 heterocycles. The lowest BCUT2D eigenvalue weighted by Crippen LogP contribution is -2.15. The second-order valence-corrected chi connectivity index (χ2v) is 7.58. The molecular formula is C17H18N6S2. The fourth-order valence-corrected chi connectivity index (χ4v) is 3.97. The lowest BCUT2D eigenvalue weighted by atomic mass is 10.3. The first-order valence-corrected chi connectivity index (χ1v) is 9.84. The van der Waals surface area contributed by atoms with Gasteiger partial charge in [0.25, 0.3) is 0 Å². The molecule has 2 N–H and O–H groups in total. The van der Waals surface area contributed by atoms with Gasteiger partial charge in [0.2, 0.25) is 5.13 Å². The summed E-state index contributed by atoms with van der Waals surface area (Å²) in [6.45, 7) is 2.31. The summed E-state index contributed by atoms with van der Waals surface area (Å²) in [5.74, 6) is 0. The van der Waals surface area contributed by atoms with Crippen molar-refractivity contribution in [3.63, 3.8) is 0 Å². The van der Waals surface area contributed by atoms with Gasteiger partial charge >= 0.3 is 0 Å². The SMILES string of the molecule is c1csc(NNc2ccc(/N=N/c3ccc(N4CCCC4)s3)cc2)n1. The second kappa shape index (κ2) is 7.62. The van der Waals surface area contributed by atoms with E-state index >= 15 is 0 Å². The first-order chi connectivity index (χ1) is 12.4. The summed E-state index contributed by atoms with van der Waals surface area (Å²) in [7, 11) is 0. The topological polar surface area (TPSA) is 64.9 Å². The third-order valence-corrected chi connectivity index (χ3v) is 5.59. The Bertz CT molecular complexity index is 819. The van der Waals surface area contributed by atoms with Crippen molar-refractivity contribution < 1.29 is 0 Å². The van der Waals surface area contributed by atoms with Crippen LogP contribution < -0.4 is 15.8 Å². The third-order valence-electron chi connectivity index (χ3n) is 3.87. The highest BCUT2D eigenvalue weighted by molar-refractivity contribution is 7.19. The number of hydrogen-bond donors (Lipinski definition) is 2. The minimum atomic E-state index is 0.829. The molecule has 4 rings (SSSR count). The zero-order valence-electron chi connectivity index (χ0n) is 13.6. The standard InChI is InChI=1S/C17H18N6S2/c1-2-11-23(10-1)16-8-7-15(25-16)21-19-13-3-5-14(6-4-13)20-22-17-18-9-12-24-17/h3-9,12,20H,1-2,10-11H2,(H,18,22)/b21-19+. The van der Waals surface area contributed by atoms with Gasteiger partial charge in [0.15, 0.2) is 0 Å². The molecule has 0 saturated carbocycles. The number of hydrogen-bond acceptors (Lipinski definition) is 8. The van der Waals surface area contributed by atoms with Crippen LogP contribution in [-0.4, -0.2) is 18.1 Å². The molecule has 0 amide bonds. The van der Waals surface area contributed by atoms with Crippen LogP contribution in [0.1, 0.15) is 12.8 Å². The number of aromatic nitrogens is 1. The zero-order chi connectivity index (χ0) is 16.9. The molecule has 0 unspecified atom stereocenters. The molecule has 2 aromatic heterocycles. The Balaban J connectivity index is 1.35. The van der Waals surface area contributed by atoms with E-state index in [1.54, 1.807) is 28.9 Å². The highest BCUT2D eigenvalue weighted by atomic mass is 32.1. The summed E-state index contributed by atoms with van der Waals surface area (Å²) in [5, 5.41) is 13.7. The molecule has 8 heteroatoms. The quantitative estimate of drug-likeness (QED) is 0.434. The van der Waals surface area contributed by atoms with Gasteiger partial charge in [0.1, 0.15) is 5.00 Å². The fourth-order valence-electron chi connectivity index (χ4n) is 2.61. The first-order valence-electron chi connectivity index (χ1n) is 8.15. The van der Waals surface area contributed by atoms with E-state index in [0.29, 0.717) is 0 Å². The van der Waals surface area contributed by atoms with Crippen LogP contribution in [0.2, 0.25) is 0 Å². The Labute approximate surface area is 154 Å². The minimum Gasteiger partial charge on any atom is -0.363 e. The number of nitrogens with zero attached hydrogens (tertiary/aromatic N) is 4. The van der Waals surface area contributed by atoms with Gasteiger partial charge in [-0.15, -0.1) is 21.6 Å². The number of benzene rings is 1.